The van der Waals surface area contributed by atoms with E-state index in [0.717, 1.165) is 35.2 Å². The number of rotatable bonds is 5. The number of nitrogens with one attached hydrogen (secondary N) is 2. The van der Waals surface area contributed by atoms with E-state index in [0.29, 0.717) is 25.7 Å². The van der Waals surface area contributed by atoms with Gasteiger partial charge in [0.15, 0.2) is 5.96 Å². The number of hydrogen-bond donors (Lipinski definition) is 3. The second-order valence-corrected chi connectivity index (χ2v) is 7.93. The SMILES string of the molecule is NC(=NCc1ccccc1-c1ccccc1)NC(=O)N1CCC(Nc2ccccc2)CC1. The van der Waals surface area contributed by atoms with Crippen LogP contribution in [0.15, 0.2) is 89.9 Å². The van der Waals surface area contributed by atoms with Crippen molar-refractivity contribution in [3.05, 3.63) is 90.5 Å². The summed E-state index contributed by atoms with van der Waals surface area (Å²) in [7, 11) is 0. The number of para-hydroxylation sites is 1. The maximum Gasteiger partial charge on any atom is 0.324 e. The fourth-order valence-corrected chi connectivity index (χ4v) is 3.95. The predicted molar refractivity (Wildman–Crippen MR) is 130 cm³/mol. The van der Waals surface area contributed by atoms with Crippen molar-refractivity contribution < 1.29 is 4.79 Å². The molecule has 0 spiro atoms. The third kappa shape index (κ3) is 5.66. The lowest BCUT2D eigenvalue weighted by Crippen LogP contribution is -2.50. The molecule has 4 N–H and O–H groups in total. The standard InChI is InChI=1S/C26H29N5O/c27-25(28-19-21-11-7-8-14-24(21)20-9-3-1-4-10-20)30-26(32)31-17-15-23(16-18-31)29-22-12-5-2-6-13-22/h1-14,23,29H,15-19H2,(H3,27,28,30,32). The summed E-state index contributed by atoms with van der Waals surface area (Å²) in [4.78, 5) is 18.8. The van der Waals surface area contributed by atoms with E-state index in [9.17, 15) is 4.79 Å². The molecule has 6 nitrogen and oxygen atoms in total. The first-order valence-electron chi connectivity index (χ1n) is 11.0. The molecule has 0 atom stereocenters. The Morgan fingerprint density at radius 2 is 1.53 bits per heavy atom. The van der Waals surface area contributed by atoms with Gasteiger partial charge in [0, 0.05) is 24.8 Å². The second-order valence-electron chi connectivity index (χ2n) is 7.93. The van der Waals surface area contributed by atoms with E-state index in [4.69, 9.17) is 5.73 Å². The lowest BCUT2D eigenvalue weighted by atomic mass is 10.00. The number of urea groups is 1. The van der Waals surface area contributed by atoms with Gasteiger partial charge in [-0.05, 0) is 41.7 Å². The molecule has 4 rings (SSSR count). The van der Waals surface area contributed by atoms with Crippen LogP contribution in [0.1, 0.15) is 18.4 Å². The fraction of sp³-hybridized carbons (Fsp3) is 0.231. The average molecular weight is 428 g/mol. The minimum Gasteiger partial charge on any atom is -0.382 e. The van der Waals surface area contributed by atoms with Gasteiger partial charge >= 0.3 is 6.03 Å². The number of hydrogen-bond acceptors (Lipinski definition) is 3. The molecule has 1 fully saturated rings. The van der Waals surface area contributed by atoms with Crippen molar-refractivity contribution in [2.75, 3.05) is 18.4 Å². The Hall–Kier alpha value is -3.80. The van der Waals surface area contributed by atoms with Gasteiger partial charge in [0.05, 0.1) is 6.54 Å². The summed E-state index contributed by atoms with van der Waals surface area (Å²) in [5.74, 6) is 0.141. The number of benzene rings is 3. The molecule has 0 radical (unpaired) electrons. The maximum absolute atomic E-state index is 12.6. The first-order valence-corrected chi connectivity index (χ1v) is 11.0. The third-order valence-electron chi connectivity index (χ3n) is 5.68. The minimum atomic E-state index is -0.194. The van der Waals surface area contributed by atoms with Crippen LogP contribution >= 0.6 is 0 Å². The molecule has 1 aliphatic rings. The Balaban J connectivity index is 1.29. The van der Waals surface area contributed by atoms with E-state index in [-0.39, 0.29) is 12.0 Å². The summed E-state index contributed by atoms with van der Waals surface area (Å²) in [6, 6.07) is 28.6. The number of guanidine groups is 1. The van der Waals surface area contributed by atoms with Gasteiger partial charge in [-0.2, -0.15) is 0 Å². The van der Waals surface area contributed by atoms with Crippen molar-refractivity contribution in [2.24, 2.45) is 10.7 Å². The van der Waals surface area contributed by atoms with E-state index in [1.165, 1.54) is 0 Å². The lowest BCUT2D eigenvalue weighted by Gasteiger charge is -2.32. The molecule has 32 heavy (non-hydrogen) atoms. The number of anilines is 1. The number of nitrogens with two attached hydrogens (primary N) is 1. The normalized spacial score (nSPS) is 14.8. The van der Waals surface area contributed by atoms with Crippen LogP contribution in [0.25, 0.3) is 11.1 Å². The highest BCUT2D eigenvalue weighted by Gasteiger charge is 2.23. The number of likely N-dealkylation sites (tertiary alicyclic amines) is 1. The lowest BCUT2D eigenvalue weighted by molar-refractivity contribution is 0.188. The monoisotopic (exact) mass is 427 g/mol. The molecular weight excluding hydrogens is 398 g/mol. The van der Waals surface area contributed by atoms with Crippen molar-refractivity contribution in [3.63, 3.8) is 0 Å². The first kappa shape index (κ1) is 21.4. The number of aliphatic imine (C=N–C) groups is 1. The van der Waals surface area contributed by atoms with Crippen LogP contribution in [0.2, 0.25) is 0 Å². The summed E-state index contributed by atoms with van der Waals surface area (Å²) in [5, 5.41) is 6.27. The molecule has 0 aliphatic carbocycles. The van der Waals surface area contributed by atoms with Crippen LogP contribution in [0.3, 0.4) is 0 Å². The zero-order valence-electron chi connectivity index (χ0n) is 18.1. The van der Waals surface area contributed by atoms with Gasteiger partial charge in [-0.3, -0.25) is 5.32 Å². The van der Waals surface area contributed by atoms with Gasteiger partial charge in [0.2, 0.25) is 0 Å². The molecular formula is C26H29N5O. The van der Waals surface area contributed by atoms with Gasteiger partial charge in [-0.25, -0.2) is 9.79 Å². The van der Waals surface area contributed by atoms with Gasteiger partial charge in [0.1, 0.15) is 0 Å². The van der Waals surface area contributed by atoms with E-state index < -0.39 is 0 Å². The zero-order valence-corrected chi connectivity index (χ0v) is 18.1. The topological polar surface area (TPSA) is 82.7 Å². The Kier molecular flexibility index (Phi) is 7.02. The molecule has 3 aromatic carbocycles. The summed E-state index contributed by atoms with van der Waals surface area (Å²) < 4.78 is 0. The molecule has 1 saturated heterocycles. The van der Waals surface area contributed by atoms with Crippen LogP contribution in [0, 0.1) is 0 Å². The van der Waals surface area contributed by atoms with Crippen LogP contribution < -0.4 is 16.4 Å². The summed E-state index contributed by atoms with van der Waals surface area (Å²) in [6.07, 6.45) is 1.79. The summed E-state index contributed by atoms with van der Waals surface area (Å²) in [6.45, 7) is 1.77. The van der Waals surface area contributed by atoms with E-state index in [1.807, 2.05) is 54.6 Å². The molecule has 1 heterocycles. The van der Waals surface area contributed by atoms with Crippen LogP contribution in [0.5, 0.6) is 0 Å². The maximum atomic E-state index is 12.6. The van der Waals surface area contributed by atoms with E-state index >= 15 is 0 Å². The smallest absolute Gasteiger partial charge is 0.324 e. The largest absolute Gasteiger partial charge is 0.382 e. The molecule has 164 valence electrons. The summed E-state index contributed by atoms with van der Waals surface area (Å²) >= 11 is 0. The zero-order chi connectivity index (χ0) is 22.2. The van der Waals surface area contributed by atoms with Crippen molar-refractivity contribution in [3.8, 4) is 11.1 Å². The Morgan fingerprint density at radius 1 is 0.906 bits per heavy atom. The minimum absolute atomic E-state index is 0.141. The van der Waals surface area contributed by atoms with Crippen LogP contribution in [0.4, 0.5) is 10.5 Å². The Morgan fingerprint density at radius 3 is 2.25 bits per heavy atom. The molecule has 3 aromatic rings. The van der Waals surface area contributed by atoms with Gasteiger partial charge in [0.25, 0.3) is 0 Å². The molecule has 0 unspecified atom stereocenters. The number of piperidine rings is 1. The highest BCUT2D eigenvalue weighted by Crippen LogP contribution is 2.24. The number of carbonyl (C=O) groups is 1. The van der Waals surface area contributed by atoms with Gasteiger partial charge in [-0.1, -0.05) is 72.8 Å². The van der Waals surface area contributed by atoms with Crippen LogP contribution in [-0.2, 0) is 6.54 Å². The number of nitrogens with zero attached hydrogens (tertiary/aromatic N) is 2. The highest BCUT2D eigenvalue weighted by molar-refractivity contribution is 5.95. The van der Waals surface area contributed by atoms with Gasteiger partial charge < -0.3 is 16.0 Å². The molecule has 0 saturated carbocycles. The fourth-order valence-electron chi connectivity index (χ4n) is 3.95. The first-order chi connectivity index (χ1) is 15.7. The van der Waals surface area contributed by atoms with Gasteiger partial charge in [-0.15, -0.1) is 0 Å². The molecule has 0 bridgehead atoms. The molecule has 1 aliphatic heterocycles. The van der Waals surface area contributed by atoms with Crippen molar-refractivity contribution in [1.29, 1.82) is 0 Å². The predicted octanol–water partition coefficient (Wildman–Crippen LogP) is 4.45. The molecule has 2 amide bonds. The molecule has 6 heteroatoms. The van der Waals surface area contributed by atoms with Crippen molar-refractivity contribution in [1.82, 2.24) is 10.2 Å². The second kappa shape index (κ2) is 10.5. The Bertz CT molecular complexity index is 1040. The highest BCUT2D eigenvalue weighted by atomic mass is 16.2. The quantitative estimate of drug-likeness (QED) is 0.415. The summed E-state index contributed by atoms with van der Waals surface area (Å²) in [5.41, 5.74) is 10.4. The van der Waals surface area contributed by atoms with Crippen molar-refractivity contribution in [2.45, 2.75) is 25.4 Å². The third-order valence-corrected chi connectivity index (χ3v) is 5.68. The van der Waals surface area contributed by atoms with E-state index in [1.54, 1.807) is 4.90 Å². The number of amides is 2. The van der Waals surface area contributed by atoms with Crippen LogP contribution in [-0.4, -0.2) is 36.0 Å². The van der Waals surface area contributed by atoms with E-state index in [2.05, 4.69) is 46.0 Å². The Labute approximate surface area is 189 Å². The molecule has 0 aromatic heterocycles. The van der Waals surface area contributed by atoms with Crippen molar-refractivity contribution >= 4 is 17.7 Å². The number of carbonyl (C=O) groups excluding carboxylic acids is 1. The average Bonchev–Trinajstić information content (AvgIpc) is 2.84.